The summed E-state index contributed by atoms with van der Waals surface area (Å²) in [5.41, 5.74) is -1.13. The van der Waals surface area contributed by atoms with Crippen LogP contribution in [-0.2, 0) is 10.0 Å². The summed E-state index contributed by atoms with van der Waals surface area (Å²) < 4.78 is 64.7. The summed E-state index contributed by atoms with van der Waals surface area (Å²) in [5, 5.41) is 10.0. The normalized spacial score (nSPS) is 18.4. The van der Waals surface area contributed by atoms with E-state index in [-0.39, 0.29) is 6.54 Å². The first kappa shape index (κ1) is 15.3. The van der Waals surface area contributed by atoms with Crippen molar-refractivity contribution in [3.8, 4) is 0 Å². The number of benzene rings is 1. The van der Waals surface area contributed by atoms with Crippen LogP contribution in [0.25, 0.3) is 0 Å². The molecule has 0 amide bonds. The highest BCUT2D eigenvalue weighted by molar-refractivity contribution is 7.89. The summed E-state index contributed by atoms with van der Waals surface area (Å²) in [5.74, 6) is -4.88. The quantitative estimate of drug-likeness (QED) is 0.832. The van der Waals surface area contributed by atoms with Gasteiger partial charge in [0.25, 0.3) is 0 Å². The molecule has 0 heterocycles. The minimum Gasteiger partial charge on any atom is -0.389 e. The Hall–Kier alpha value is -1.12. The highest BCUT2D eigenvalue weighted by Gasteiger charge is 2.32. The summed E-state index contributed by atoms with van der Waals surface area (Å²) in [6.45, 7) is -0.240. The lowest BCUT2D eigenvalue weighted by Crippen LogP contribution is -2.40. The number of hydrogen-bond acceptors (Lipinski definition) is 3. The molecule has 0 unspecified atom stereocenters. The van der Waals surface area contributed by atoms with Crippen LogP contribution in [0.3, 0.4) is 0 Å². The van der Waals surface area contributed by atoms with Crippen LogP contribution in [0.4, 0.5) is 13.2 Å². The molecule has 0 spiro atoms. The molecule has 0 aliphatic heterocycles. The van der Waals surface area contributed by atoms with E-state index in [1.165, 1.54) is 0 Å². The molecule has 4 nitrogen and oxygen atoms in total. The van der Waals surface area contributed by atoms with E-state index >= 15 is 0 Å². The molecule has 2 N–H and O–H groups in total. The minimum atomic E-state index is -4.20. The molecule has 1 saturated carbocycles. The van der Waals surface area contributed by atoms with Crippen LogP contribution in [0.5, 0.6) is 0 Å². The van der Waals surface area contributed by atoms with Gasteiger partial charge in [-0.15, -0.1) is 0 Å². The smallest absolute Gasteiger partial charge is 0.240 e. The highest BCUT2D eigenvalue weighted by Crippen LogP contribution is 2.29. The molecule has 0 radical (unpaired) electrons. The minimum absolute atomic E-state index is 0.240. The monoisotopic (exact) mass is 309 g/mol. The van der Waals surface area contributed by atoms with Crippen molar-refractivity contribution in [2.45, 2.75) is 36.2 Å². The van der Waals surface area contributed by atoms with Crippen LogP contribution in [0.2, 0.25) is 0 Å². The van der Waals surface area contributed by atoms with Gasteiger partial charge >= 0.3 is 0 Å². The van der Waals surface area contributed by atoms with Gasteiger partial charge < -0.3 is 5.11 Å². The molecular weight excluding hydrogens is 295 g/mol. The zero-order valence-corrected chi connectivity index (χ0v) is 11.3. The van der Waals surface area contributed by atoms with Crippen molar-refractivity contribution in [2.24, 2.45) is 0 Å². The maximum absolute atomic E-state index is 13.0. The van der Waals surface area contributed by atoms with E-state index in [1.807, 2.05) is 0 Å². The van der Waals surface area contributed by atoms with Crippen LogP contribution in [0, 0.1) is 17.5 Å². The fraction of sp³-hybridized carbons (Fsp3) is 0.500. The first-order chi connectivity index (χ1) is 9.23. The van der Waals surface area contributed by atoms with E-state index in [4.69, 9.17) is 0 Å². The number of rotatable bonds is 4. The molecular formula is C12H14F3NO3S. The number of sulfonamides is 1. The van der Waals surface area contributed by atoms with Crippen molar-refractivity contribution >= 4 is 10.0 Å². The summed E-state index contributed by atoms with van der Waals surface area (Å²) >= 11 is 0. The van der Waals surface area contributed by atoms with E-state index in [2.05, 4.69) is 4.72 Å². The summed E-state index contributed by atoms with van der Waals surface area (Å²) in [4.78, 5) is -0.713. The molecule has 0 aromatic heterocycles. The lowest BCUT2D eigenvalue weighted by atomic mass is 10.0. The Labute approximate surface area is 114 Å². The van der Waals surface area contributed by atoms with Gasteiger partial charge in [0.1, 0.15) is 0 Å². The van der Waals surface area contributed by atoms with Crippen molar-refractivity contribution in [1.82, 2.24) is 4.72 Å². The average molecular weight is 309 g/mol. The maximum Gasteiger partial charge on any atom is 0.240 e. The van der Waals surface area contributed by atoms with Crippen molar-refractivity contribution < 1.29 is 26.7 Å². The summed E-state index contributed by atoms with van der Waals surface area (Å²) in [6.07, 6.45) is 2.50. The Morgan fingerprint density at radius 3 is 2.15 bits per heavy atom. The zero-order valence-electron chi connectivity index (χ0n) is 10.5. The Balaban J connectivity index is 2.18. The van der Waals surface area contributed by atoms with Crippen LogP contribution in [-0.4, -0.2) is 25.7 Å². The third kappa shape index (κ3) is 3.13. The van der Waals surface area contributed by atoms with E-state index in [0.29, 0.717) is 25.0 Å². The average Bonchev–Trinajstić information content (AvgIpc) is 2.81. The van der Waals surface area contributed by atoms with Crippen LogP contribution < -0.4 is 4.72 Å². The van der Waals surface area contributed by atoms with Crippen molar-refractivity contribution in [3.63, 3.8) is 0 Å². The summed E-state index contributed by atoms with van der Waals surface area (Å²) in [7, 11) is -4.20. The third-order valence-electron chi connectivity index (χ3n) is 3.39. The van der Waals surface area contributed by atoms with Crippen molar-refractivity contribution in [1.29, 1.82) is 0 Å². The molecule has 0 atom stereocenters. The standard InChI is InChI=1S/C12H14F3NO3S/c13-9-5-8(6-10(14)11(9)15)20(18,19)16-7-12(17)3-1-2-4-12/h5-6,16-17H,1-4,7H2. The molecule has 1 aliphatic carbocycles. The lowest BCUT2D eigenvalue weighted by Gasteiger charge is -2.22. The highest BCUT2D eigenvalue weighted by atomic mass is 32.2. The fourth-order valence-corrected chi connectivity index (χ4v) is 3.35. The number of hydrogen-bond donors (Lipinski definition) is 2. The van der Waals surface area contributed by atoms with Crippen molar-refractivity contribution in [2.75, 3.05) is 6.54 Å². The number of nitrogens with one attached hydrogen (secondary N) is 1. The van der Waals surface area contributed by atoms with Gasteiger partial charge in [0.05, 0.1) is 10.5 Å². The van der Waals surface area contributed by atoms with E-state index in [1.54, 1.807) is 0 Å². The van der Waals surface area contributed by atoms with Gasteiger partial charge in [-0.3, -0.25) is 0 Å². The Kier molecular flexibility index (Phi) is 4.08. The Morgan fingerprint density at radius 1 is 1.15 bits per heavy atom. The summed E-state index contributed by atoms with van der Waals surface area (Å²) in [6, 6.07) is 0.804. The van der Waals surface area contributed by atoms with Gasteiger partial charge in [-0.25, -0.2) is 26.3 Å². The van der Waals surface area contributed by atoms with E-state index in [0.717, 1.165) is 12.8 Å². The topological polar surface area (TPSA) is 66.4 Å². The third-order valence-corrected chi connectivity index (χ3v) is 4.77. The van der Waals surface area contributed by atoms with Gasteiger partial charge in [-0.05, 0) is 25.0 Å². The van der Waals surface area contributed by atoms with Gasteiger partial charge in [0.2, 0.25) is 10.0 Å². The largest absolute Gasteiger partial charge is 0.389 e. The number of halogens is 3. The van der Waals surface area contributed by atoms with Crippen LogP contribution in [0.1, 0.15) is 25.7 Å². The van der Waals surface area contributed by atoms with Crippen LogP contribution in [0.15, 0.2) is 17.0 Å². The number of aliphatic hydroxyl groups is 1. The first-order valence-electron chi connectivity index (χ1n) is 6.10. The van der Waals surface area contributed by atoms with E-state index in [9.17, 15) is 26.7 Å². The maximum atomic E-state index is 13.0. The first-order valence-corrected chi connectivity index (χ1v) is 7.58. The van der Waals surface area contributed by atoms with Gasteiger partial charge in [0, 0.05) is 6.54 Å². The molecule has 0 saturated heterocycles. The van der Waals surface area contributed by atoms with E-state index < -0.39 is 38.0 Å². The molecule has 1 aromatic carbocycles. The van der Waals surface area contributed by atoms with Crippen molar-refractivity contribution in [3.05, 3.63) is 29.6 Å². The Morgan fingerprint density at radius 2 is 1.65 bits per heavy atom. The molecule has 112 valence electrons. The van der Waals surface area contributed by atoms with Gasteiger partial charge in [-0.1, -0.05) is 12.8 Å². The predicted octanol–water partition coefficient (Wildman–Crippen LogP) is 1.69. The SMILES string of the molecule is O=S(=O)(NCC1(O)CCCC1)c1cc(F)c(F)c(F)c1. The molecule has 1 aliphatic rings. The predicted molar refractivity (Wildman–Crippen MR) is 64.9 cm³/mol. The van der Waals surface area contributed by atoms with Gasteiger partial charge in [-0.2, -0.15) is 0 Å². The Bertz CT molecular complexity index is 589. The molecule has 8 heteroatoms. The second-order valence-electron chi connectivity index (χ2n) is 4.96. The van der Waals surface area contributed by atoms with Gasteiger partial charge in [0.15, 0.2) is 17.5 Å². The second kappa shape index (κ2) is 5.34. The second-order valence-corrected chi connectivity index (χ2v) is 6.72. The lowest BCUT2D eigenvalue weighted by molar-refractivity contribution is 0.0532. The molecule has 20 heavy (non-hydrogen) atoms. The molecule has 1 aromatic rings. The molecule has 2 rings (SSSR count). The molecule has 0 bridgehead atoms. The van der Waals surface area contributed by atoms with Crippen LogP contribution >= 0.6 is 0 Å². The molecule has 1 fully saturated rings. The fourth-order valence-electron chi connectivity index (χ4n) is 2.21. The zero-order chi connectivity index (χ0) is 15.0.